The van der Waals surface area contributed by atoms with Gasteiger partial charge in [-0.2, -0.15) is 10.1 Å². The Balaban J connectivity index is 1.46. The maximum absolute atomic E-state index is 13.0. The summed E-state index contributed by atoms with van der Waals surface area (Å²) >= 11 is 5.92. The molecule has 0 unspecified atom stereocenters. The number of aromatic nitrogens is 5. The first-order valence-electron chi connectivity index (χ1n) is 9.73. The molecule has 31 heavy (non-hydrogen) atoms. The van der Waals surface area contributed by atoms with Crippen LogP contribution in [-0.2, 0) is 6.54 Å². The highest BCUT2D eigenvalue weighted by Crippen LogP contribution is 2.22. The van der Waals surface area contributed by atoms with E-state index >= 15 is 0 Å². The van der Waals surface area contributed by atoms with Crippen LogP contribution < -0.4 is 5.56 Å². The summed E-state index contributed by atoms with van der Waals surface area (Å²) in [7, 11) is 0. The van der Waals surface area contributed by atoms with Crippen molar-refractivity contribution in [3.8, 4) is 22.6 Å². The first-order valence-corrected chi connectivity index (χ1v) is 10.1. The summed E-state index contributed by atoms with van der Waals surface area (Å²) in [5.74, 6) is 0.785. The summed E-state index contributed by atoms with van der Waals surface area (Å²) < 4.78 is 8.46. The van der Waals surface area contributed by atoms with Crippen LogP contribution >= 0.6 is 11.6 Å². The van der Waals surface area contributed by atoms with E-state index in [9.17, 15) is 4.79 Å². The number of rotatable bonds is 4. The average molecular weight is 432 g/mol. The largest absolute Gasteiger partial charge is 0.337 e. The SMILES string of the molecule is Cc1ccc(-c2cc3c(=O)n(Cc4nc(-c5ccc(Cl)cc5)no4)ccn3n2)cc1C. The van der Waals surface area contributed by atoms with E-state index in [2.05, 4.69) is 41.2 Å². The summed E-state index contributed by atoms with van der Waals surface area (Å²) in [5.41, 5.74) is 5.20. The molecule has 0 aliphatic heterocycles. The number of aryl methyl sites for hydroxylation is 2. The molecule has 2 aromatic carbocycles. The Labute approximate surface area is 182 Å². The zero-order valence-electron chi connectivity index (χ0n) is 16.9. The van der Waals surface area contributed by atoms with Crippen LogP contribution in [0.15, 0.2) is 70.2 Å². The van der Waals surface area contributed by atoms with Crippen molar-refractivity contribution >= 4 is 17.1 Å². The first kappa shape index (κ1) is 19.3. The molecule has 154 valence electrons. The van der Waals surface area contributed by atoms with E-state index < -0.39 is 0 Å². The standard InChI is InChI=1S/C23H18ClN5O2/c1-14-3-4-17(11-15(14)2)19-12-20-23(30)28(9-10-29(20)26-19)13-21-25-22(27-31-21)16-5-7-18(24)8-6-16/h3-12H,13H2,1-2H3. The summed E-state index contributed by atoms with van der Waals surface area (Å²) in [4.78, 5) is 17.4. The van der Waals surface area contributed by atoms with Crippen molar-refractivity contribution in [1.29, 1.82) is 0 Å². The van der Waals surface area contributed by atoms with Crippen molar-refractivity contribution in [3.05, 3.63) is 93.3 Å². The van der Waals surface area contributed by atoms with E-state index in [1.165, 1.54) is 15.7 Å². The Bertz CT molecular complexity index is 1460. The van der Waals surface area contributed by atoms with Crippen LogP contribution in [-0.4, -0.2) is 24.3 Å². The van der Waals surface area contributed by atoms with Gasteiger partial charge >= 0.3 is 0 Å². The van der Waals surface area contributed by atoms with Gasteiger partial charge in [-0.15, -0.1) is 0 Å². The highest BCUT2D eigenvalue weighted by atomic mass is 35.5. The van der Waals surface area contributed by atoms with Crippen LogP contribution in [0, 0.1) is 13.8 Å². The molecule has 0 aliphatic carbocycles. The quantitative estimate of drug-likeness (QED) is 0.417. The van der Waals surface area contributed by atoms with Gasteiger partial charge in [0.05, 0.1) is 5.69 Å². The maximum Gasteiger partial charge on any atom is 0.277 e. The molecule has 7 nitrogen and oxygen atoms in total. The van der Waals surface area contributed by atoms with Gasteiger partial charge in [-0.25, -0.2) is 4.52 Å². The molecule has 0 saturated carbocycles. The topological polar surface area (TPSA) is 78.2 Å². The minimum absolute atomic E-state index is 0.167. The predicted octanol–water partition coefficient (Wildman–Crippen LogP) is 4.53. The van der Waals surface area contributed by atoms with Gasteiger partial charge in [0.25, 0.3) is 5.56 Å². The molecule has 5 aromatic rings. The highest BCUT2D eigenvalue weighted by molar-refractivity contribution is 6.30. The van der Waals surface area contributed by atoms with Gasteiger partial charge in [-0.3, -0.25) is 4.79 Å². The molecule has 3 aromatic heterocycles. The highest BCUT2D eigenvalue weighted by Gasteiger charge is 2.13. The predicted molar refractivity (Wildman–Crippen MR) is 118 cm³/mol. The fourth-order valence-electron chi connectivity index (χ4n) is 3.37. The summed E-state index contributed by atoms with van der Waals surface area (Å²) in [5, 5.41) is 9.19. The molecule has 0 atom stereocenters. The second-order valence-electron chi connectivity index (χ2n) is 7.41. The Kier molecular flexibility index (Phi) is 4.67. The van der Waals surface area contributed by atoms with Crippen LogP contribution in [0.1, 0.15) is 17.0 Å². The Morgan fingerprint density at radius 3 is 2.52 bits per heavy atom. The van der Waals surface area contributed by atoms with Gasteiger partial charge in [0.2, 0.25) is 11.7 Å². The van der Waals surface area contributed by atoms with Gasteiger partial charge in [-0.1, -0.05) is 28.9 Å². The maximum atomic E-state index is 13.0. The number of nitrogens with zero attached hydrogens (tertiary/aromatic N) is 5. The van der Waals surface area contributed by atoms with E-state index in [0.717, 1.165) is 16.8 Å². The van der Waals surface area contributed by atoms with Gasteiger partial charge in [0.15, 0.2) is 0 Å². The fraction of sp³-hybridized carbons (Fsp3) is 0.130. The molecular formula is C23H18ClN5O2. The van der Waals surface area contributed by atoms with Gasteiger partial charge in [0, 0.05) is 28.5 Å². The smallest absolute Gasteiger partial charge is 0.277 e. The minimum Gasteiger partial charge on any atom is -0.337 e. The van der Waals surface area contributed by atoms with Crippen molar-refractivity contribution in [2.24, 2.45) is 0 Å². The molecule has 0 amide bonds. The zero-order chi connectivity index (χ0) is 21.5. The Morgan fingerprint density at radius 1 is 0.968 bits per heavy atom. The lowest BCUT2D eigenvalue weighted by molar-refractivity contribution is 0.370. The molecular weight excluding hydrogens is 414 g/mol. The lowest BCUT2D eigenvalue weighted by Gasteiger charge is -2.02. The number of hydrogen-bond acceptors (Lipinski definition) is 5. The second kappa shape index (κ2) is 7.52. The molecule has 0 spiro atoms. The van der Waals surface area contributed by atoms with E-state index in [0.29, 0.717) is 22.3 Å². The molecule has 0 saturated heterocycles. The van der Waals surface area contributed by atoms with E-state index in [1.54, 1.807) is 35.1 Å². The van der Waals surface area contributed by atoms with Gasteiger partial charge < -0.3 is 9.09 Å². The van der Waals surface area contributed by atoms with Gasteiger partial charge in [-0.05, 0) is 61.4 Å². The lowest BCUT2D eigenvalue weighted by atomic mass is 10.0. The van der Waals surface area contributed by atoms with Crippen LogP contribution in [0.3, 0.4) is 0 Å². The first-order chi connectivity index (χ1) is 15.0. The van der Waals surface area contributed by atoms with Crippen molar-refractivity contribution in [2.75, 3.05) is 0 Å². The second-order valence-corrected chi connectivity index (χ2v) is 7.84. The summed E-state index contributed by atoms with van der Waals surface area (Å²) in [6.45, 7) is 4.29. The molecule has 0 N–H and O–H groups in total. The Morgan fingerprint density at radius 2 is 1.74 bits per heavy atom. The van der Waals surface area contributed by atoms with Crippen LogP contribution in [0.4, 0.5) is 0 Å². The van der Waals surface area contributed by atoms with Crippen molar-refractivity contribution in [2.45, 2.75) is 20.4 Å². The summed E-state index contributed by atoms with van der Waals surface area (Å²) in [6, 6.07) is 15.1. The average Bonchev–Trinajstić information content (AvgIpc) is 3.40. The monoisotopic (exact) mass is 431 g/mol. The molecule has 8 heteroatoms. The van der Waals surface area contributed by atoms with Crippen LogP contribution in [0.25, 0.3) is 28.2 Å². The molecule has 0 radical (unpaired) electrons. The van der Waals surface area contributed by atoms with Crippen molar-refractivity contribution in [1.82, 2.24) is 24.3 Å². The zero-order valence-corrected chi connectivity index (χ0v) is 17.7. The third kappa shape index (κ3) is 3.64. The molecule has 0 bridgehead atoms. The number of hydrogen-bond donors (Lipinski definition) is 0. The number of benzene rings is 2. The number of fused-ring (bicyclic) bond motifs is 1. The molecule has 0 aliphatic rings. The van der Waals surface area contributed by atoms with Crippen molar-refractivity contribution in [3.63, 3.8) is 0 Å². The Hall–Kier alpha value is -3.71. The van der Waals surface area contributed by atoms with E-state index in [1.807, 2.05) is 18.2 Å². The third-order valence-corrected chi connectivity index (χ3v) is 5.53. The molecule has 0 fully saturated rings. The normalized spacial score (nSPS) is 11.3. The summed E-state index contributed by atoms with van der Waals surface area (Å²) in [6.07, 6.45) is 3.41. The fourth-order valence-corrected chi connectivity index (χ4v) is 3.50. The van der Waals surface area contributed by atoms with E-state index in [4.69, 9.17) is 16.1 Å². The van der Waals surface area contributed by atoms with Crippen LogP contribution in [0.5, 0.6) is 0 Å². The van der Waals surface area contributed by atoms with Crippen molar-refractivity contribution < 1.29 is 4.52 Å². The molecule has 3 heterocycles. The third-order valence-electron chi connectivity index (χ3n) is 5.28. The van der Waals surface area contributed by atoms with Crippen LogP contribution in [0.2, 0.25) is 5.02 Å². The number of halogens is 1. The molecule has 5 rings (SSSR count). The van der Waals surface area contributed by atoms with Gasteiger partial charge in [0.1, 0.15) is 12.1 Å². The lowest BCUT2D eigenvalue weighted by Crippen LogP contribution is -2.21. The van der Waals surface area contributed by atoms with E-state index in [-0.39, 0.29) is 12.1 Å². The minimum atomic E-state index is -0.184.